The smallest absolute Gasteiger partial charge is 0.305 e. The van der Waals surface area contributed by atoms with Gasteiger partial charge < -0.3 is 9.84 Å². The van der Waals surface area contributed by atoms with E-state index in [9.17, 15) is 14.7 Å². The molecule has 1 amide bonds. The summed E-state index contributed by atoms with van der Waals surface area (Å²) in [7, 11) is 1.40. The zero-order valence-corrected chi connectivity index (χ0v) is 20.1. The van der Waals surface area contributed by atoms with E-state index in [4.69, 9.17) is 4.74 Å². The van der Waals surface area contributed by atoms with Gasteiger partial charge in [0, 0.05) is 25.9 Å². The number of methoxy groups -OCH3 is 1. The van der Waals surface area contributed by atoms with Crippen LogP contribution >= 0.6 is 0 Å². The van der Waals surface area contributed by atoms with Gasteiger partial charge in [0.15, 0.2) is 0 Å². The number of hydrogen-bond donors (Lipinski definition) is 1. The first-order valence-corrected chi connectivity index (χ1v) is 12.5. The standard InChI is InChI=1S/C28H36N2O4/c1-34-28(33)15-10-22-8-5-9-23(18-22)20-29-17-16-27(32)30(29)25-13-11-24(12-14-25)26(31)19-21-6-3-2-4-7-21/h5,8-9,11-14,18,21,26,31H,2-4,6-7,10,15-17,19-20H2,1H3. The van der Waals surface area contributed by atoms with Crippen molar-refractivity contribution in [2.75, 3.05) is 18.7 Å². The minimum absolute atomic E-state index is 0.0809. The maximum absolute atomic E-state index is 12.7. The average molecular weight is 465 g/mol. The third-order valence-electron chi connectivity index (χ3n) is 7.11. The second-order valence-electron chi connectivity index (χ2n) is 9.59. The molecule has 0 aromatic heterocycles. The largest absolute Gasteiger partial charge is 0.469 e. The molecule has 1 atom stereocenters. The van der Waals surface area contributed by atoms with E-state index in [1.165, 1.54) is 39.2 Å². The first kappa shape index (κ1) is 24.4. The third-order valence-corrected chi connectivity index (χ3v) is 7.11. The number of carbonyl (C=O) groups excluding carboxylic acids is 2. The minimum atomic E-state index is -0.449. The number of carbonyl (C=O) groups is 2. The Morgan fingerprint density at radius 1 is 1.09 bits per heavy atom. The highest BCUT2D eigenvalue weighted by Crippen LogP contribution is 2.33. The van der Waals surface area contributed by atoms with Crippen LogP contribution in [0.5, 0.6) is 0 Å². The Morgan fingerprint density at radius 2 is 1.82 bits per heavy atom. The quantitative estimate of drug-likeness (QED) is 0.532. The molecule has 1 saturated heterocycles. The highest BCUT2D eigenvalue weighted by Gasteiger charge is 2.30. The number of anilines is 1. The summed E-state index contributed by atoms with van der Waals surface area (Å²) in [5.41, 5.74) is 3.93. The second kappa shape index (κ2) is 11.6. The van der Waals surface area contributed by atoms with Crippen molar-refractivity contribution in [2.24, 2.45) is 5.92 Å². The Bertz CT molecular complexity index is 969. The summed E-state index contributed by atoms with van der Waals surface area (Å²) in [4.78, 5) is 24.2. The van der Waals surface area contributed by atoms with Crippen LogP contribution in [-0.4, -0.2) is 35.6 Å². The molecule has 1 N–H and O–H groups in total. The first-order chi connectivity index (χ1) is 16.5. The van der Waals surface area contributed by atoms with Crippen molar-refractivity contribution in [1.29, 1.82) is 0 Å². The van der Waals surface area contributed by atoms with Gasteiger partial charge >= 0.3 is 5.97 Å². The monoisotopic (exact) mass is 464 g/mol. The fourth-order valence-electron chi connectivity index (χ4n) is 5.20. The van der Waals surface area contributed by atoms with Crippen molar-refractivity contribution in [2.45, 2.75) is 70.4 Å². The molecule has 2 aliphatic rings. The van der Waals surface area contributed by atoms with E-state index in [2.05, 4.69) is 11.1 Å². The van der Waals surface area contributed by atoms with Crippen LogP contribution in [0.1, 0.15) is 74.2 Å². The lowest BCUT2D eigenvalue weighted by Crippen LogP contribution is -2.38. The maximum atomic E-state index is 12.7. The van der Waals surface area contributed by atoms with Crippen molar-refractivity contribution >= 4 is 17.6 Å². The van der Waals surface area contributed by atoms with Gasteiger partial charge in [-0.2, -0.15) is 0 Å². The minimum Gasteiger partial charge on any atom is -0.469 e. The van der Waals surface area contributed by atoms with Crippen LogP contribution < -0.4 is 5.01 Å². The number of ether oxygens (including phenoxy) is 1. The van der Waals surface area contributed by atoms with Crippen molar-refractivity contribution < 1.29 is 19.4 Å². The normalized spacial score (nSPS) is 18.3. The van der Waals surface area contributed by atoms with E-state index in [-0.39, 0.29) is 11.9 Å². The van der Waals surface area contributed by atoms with Gasteiger partial charge in [0.1, 0.15) is 0 Å². The van der Waals surface area contributed by atoms with Gasteiger partial charge in [-0.1, -0.05) is 68.5 Å². The molecule has 0 spiro atoms. The molecule has 0 bridgehead atoms. The molecule has 4 rings (SSSR count). The number of nitrogens with zero attached hydrogens (tertiary/aromatic N) is 2. The summed E-state index contributed by atoms with van der Waals surface area (Å²) < 4.78 is 4.74. The van der Waals surface area contributed by atoms with Gasteiger partial charge in [0.2, 0.25) is 5.91 Å². The number of hydrazine groups is 1. The van der Waals surface area contributed by atoms with Crippen molar-refractivity contribution in [3.8, 4) is 0 Å². The molecule has 1 aliphatic heterocycles. The van der Waals surface area contributed by atoms with E-state index >= 15 is 0 Å². The molecular weight excluding hydrogens is 428 g/mol. The average Bonchev–Trinajstić information content (AvgIpc) is 3.23. The fourth-order valence-corrected chi connectivity index (χ4v) is 5.20. The maximum Gasteiger partial charge on any atom is 0.305 e. The van der Waals surface area contributed by atoms with E-state index in [1.807, 2.05) is 42.5 Å². The fraction of sp³-hybridized carbons (Fsp3) is 0.500. The predicted octanol–water partition coefficient (Wildman–Crippen LogP) is 4.95. The van der Waals surface area contributed by atoms with E-state index in [1.54, 1.807) is 5.01 Å². The molecule has 2 fully saturated rings. The van der Waals surface area contributed by atoms with Gasteiger partial charge in [-0.05, 0) is 47.6 Å². The summed E-state index contributed by atoms with van der Waals surface area (Å²) in [6.45, 7) is 1.28. The summed E-state index contributed by atoms with van der Waals surface area (Å²) in [6, 6.07) is 16.0. The summed E-state index contributed by atoms with van der Waals surface area (Å²) in [5.74, 6) is 0.480. The lowest BCUT2D eigenvalue weighted by atomic mass is 9.84. The van der Waals surface area contributed by atoms with Gasteiger partial charge in [-0.3, -0.25) is 9.59 Å². The summed E-state index contributed by atoms with van der Waals surface area (Å²) >= 11 is 0. The van der Waals surface area contributed by atoms with Crippen molar-refractivity contribution in [3.05, 3.63) is 65.2 Å². The van der Waals surface area contributed by atoms with Gasteiger partial charge in [-0.15, -0.1) is 0 Å². The molecule has 2 aromatic carbocycles. The van der Waals surface area contributed by atoms with E-state index in [0.29, 0.717) is 38.3 Å². The van der Waals surface area contributed by atoms with Crippen LogP contribution in [0.4, 0.5) is 5.69 Å². The third kappa shape index (κ3) is 6.24. The number of hydrogen-bond acceptors (Lipinski definition) is 5. The number of aryl methyl sites for hydroxylation is 1. The topological polar surface area (TPSA) is 70.1 Å². The zero-order valence-electron chi connectivity index (χ0n) is 20.1. The highest BCUT2D eigenvalue weighted by atomic mass is 16.5. The number of aliphatic hydroxyl groups is 1. The number of esters is 1. The molecule has 34 heavy (non-hydrogen) atoms. The highest BCUT2D eigenvalue weighted by molar-refractivity contribution is 5.94. The van der Waals surface area contributed by atoms with Gasteiger partial charge in [0.25, 0.3) is 0 Å². The summed E-state index contributed by atoms with van der Waals surface area (Å²) in [6.07, 6.45) is 8.14. The van der Waals surface area contributed by atoms with E-state index < -0.39 is 6.10 Å². The van der Waals surface area contributed by atoms with Crippen LogP contribution in [-0.2, 0) is 27.3 Å². The number of benzene rings is 2. The predicted molar refractivity (Wildman–Crippen MR) is 132 cm³/mol. The zero-order chi connectivity index (χ0) is 23.9. The second-order valence-corrected chi connectivity index (χ2v) is 9.59. The molecule has 6 heteroatoms. The Morgan fingerprint density at radius 3 is 2.56 bits per heavy atom. The SMILES string of the molecule is COC(=O)CCc1cccc(CN2CCC(=O)N2c2ccc(C(O)CC3CCCCC3)cc2)c1. The Balaban J connectivity index is 1.40. The van der Waals surface area contributed by atoms with Crippen LogP contribution in [0, 0.1) is 5.92 Å². The molecule has 0 radical (unpaired) electrons. The first-order valence-electron chi connectivity index (χ1n) is 12.5. The lowest BCUT2D eigenvalue weighted by Gasteiger charge is -2.29. The molecule has 2 aromatic rings. The number of aliphatic hydroxyl groups excluding tert-OH is 1. The van der Waals surface area contributed by atoms with Crippen LogP contribution in [0.3, 0.4) is 0 Å². The molecule has 6 nitrogen and oxygen atoms in total. The van der Waals surface area contributed by atoms with Crippen molar-refractivity contribution in [3.63, 3.8) is 0 Å². The summed E-state index contributed by atoms with van der Waals surface area (Å²) in [5, 5.41) is 14.6. The Hall–Kier alpha value is -2.70. The molecule has 1 unspecified atom stereocenters. The molecule has 1 aliphatic carbocycles. The van der Waals surface area contributed by atoms with Gasteiger partial charge in [0.05, 0.1) is 18.9 Å². The molecule has 1 saturated carbocycles. The van der Waals surface area contributed by atoms with Crippen LogP contribution in [0.25, 0.3) is 0 Å². The van der Waals surface area contributed by atoms with Gasteiger partial charge in [-0.25, -0.2) is 10.0 Å². The Kier molecular flexibility index (Phi) is 8.35. The Labute approximate surface area is 202 Å². The molecular formula is C28H36N2O4. The van der Waals surface area contributed by atoms with Crippen LogP contribution in [0.15, 0.2) is 48.5 Å². The van der Waals surface area contributed by atoms with E-state index in [0.717, 1.165) is 28.8 Å². The number of amides is 1. The van der Waals surface area contributed by atoms with Crippen LogP contribution in [0.2, 0.25) is 0 Å². The molecule has 1 heterocycles. The molecule has 182 valence electrons. The van der Waals surface area contributed by atoms with Crippen molar-refractivity contribution in [1.82, 2.24) is 5.01 Å². The number of rotatable bonds is 9. The lowest BCUT2D eigenvalue weighted by molar-refractivity contribution is -0.140.